The lowest BCUT2D eigenvalue weighted by Gasteiger charge is -2.16. The molecule has 0 N–H and O–H groups in total. The molecule has 1 aromatic carbocycles. The predicted octanol–water partition coefficient (Wildman–Crippen LogP) is 7.33. The minimum absolute atomic E-state index is 0.192. The molecule has 0 aliphatic heterocycles. The number of halogens is 1. The Kier molecular flexibility index (Phi) is 7.09. The van der Waals surface area contributed by atoms with Gasteiger partial charge in [-0.05, 0) is 98.7 Å². The molecule has 4 rings (SSSR count). The van der Waals surface area contributed by atoms with Gasteiger partial charge in [0.05, 0.1) is 5.52 Å². The van der Waals surface area contributed by atoms with Gasteiger partial charge in [0.15, 0.2) is 0 Å². The fourth-order valence-corrected chi connectivity index (χ4v) is 4.77. The molecule has 0 radical (unpaired) electrons. The first kappa shape index (κ1) is 21.0. The first-order chi connectivity index (χ1) is 14.7. The third kappa shape index (κ3) is 5.24. The molecule has 0 spiro atoms. The van der Waals surface area contributed by atoms with Gasteiger partial charge in [-0.15, -0.1) is 0 Å². The van der Waals surface area contributed by atoms with Gasteiger partial charge < -0.3 is 0 Å². The van der Waals surface area contributed by atoms with E-state index >= 15 is 0 Å². The Labute approximate surface area is 180 Å². The molecule has 0 fully saturated rings. The Morgan fingerprint density at radius 3 is 2.73 bits per heavy atom. The number of hydrogen-bond donors (Lipinski definition) is 0. The monoisotopic (exact) mass is 404 g/mol. The molecular formula is C27H33FN2. The Balaban J connectivity index is 1.22. The third-order valence-electron chi connectivity index (χ3n) is 6.60. The van der Waals surface area contributed by atoms with Crippen LogP contribution < -0.4 is 0 Å². The number of benzene rings is 1. The Morgan fingerprint density at radius 1 is 0.967 bits per heavy atom. The summed E-state index contributed by atoms with van der Waals surface area (Å²) in [6.07, 6.45) is 15.3. The Morgan fingerprint density at radius 2 is 1.83 bits per heavy atom. The summed E-state index contributed by atoms with van der Waals surface area (Å²) in [6.45, 7) is 2.24. The maximum atomic E-state index is 13.5. The van der Waals surface area contributed by atoms with Crippen LogP contribution in [-0.2, 0) is 19.3 Å². The average Bonchev–Trinajstić information content (AvgIpc) is 2.78. The molecule has 0 bridgehead atoms. The lowest BCUT2D eigenvalue weighted by atomic mass is 9.91. The van der Waals surface area contributed by atoms with Crippen molar-refractivity contribution in [2.75, 3.05) is 0 Å². The van der Waals surface area contributed by atoms with Crippen LogP contribution in [0.15, 0.2) is 42.6 Å². The van der Waals surface area contributed by atoms with Gasteiger partial charge in [0.1, 0.15) is 5.82 Å². The van der Waals surface area contributed by atoms with Crippen LogP contribution >= 0.6 is 0 Å². The summed E-state index contributed by atoms with van der Waals surface area (Å²) in [4.78, 5) is 9.45. The normalized spacial score (nSPS) is 14.6. The maximum Gasteiger partial charge on any atom is 0.123 e. The van der Waals surface area contributed by atoms with Crippen LogP contribution in [0.1, 0.15) is 86.7 Å². The lowest BCUT2D eigenvalue weighted by Crippen LogP contribution is -2.07. The van der Waals surface area contributed by atoms with Crippen molar-refractivity contribution in [3.63, 3.8) is 0 Å². The van der Waals surface area contributed by atoms with Crippen LogP contribution in [0.25, 0.3) is 10.9 Å². The van der Waals surface area contributed by atoms with Crippen molar-refractivity contribution in [1.82, 2.24) is 9.97 Å². The molecule has 2 heterocycles. The van der Waals surface area contributed by atoms with E-state index < -0.39 is 0 Å². The van der Waals surface area contributed by atoms with Crippen LogP contribution in [0, 0.1) is 5.82 Å². The first-order valence-corrected chi connectivity index (χ1v) is 11.8. The quantitative estimate of drug-likeness (QED) is 0.349. The van der Waals surface area contributed by atoms with Crippen molar-refractivity contribution in [1.29, 1.82) is 0 Å². The molecule has 0 saturated heterocycles. The highest BCUT2D eigenvalue weighted by molar-refractivity contribution is 5.79. The minimum Gasteiger partial charge on any atom is -0.258 e. The summed E-state index contributed by atoms with van der Waals surface area (Å²) in [5.74, 6) is 0.315. The molecule has 0 amide bonds. The van der Waals surface area contributed by atoms with Crippen LogP contribution in [0.2, 0.25) is 0 Å². The summed E-state index contributed by atoms with van der Waals surface area (Å²) < 4.78 is 13.5. The maximum absolute atomic E-state index is 13.5. The molecule has 158 valence electrons. The standard InChI is InChI=1S/C27H33FN2/c1-2-20(23-17-22-18-24(28)14-16-26(22)29-19-23)9-5-3-4-6-11-25-15-13-21-10-7-8-12-27(21)30-25/h13-20H,2-12H2,1H3/t20-/m1/s1. The van der Waals surface area contributed by atoms with Gasteiger partial charge in [0.2, 0.25) is 0 Å². The number of nitrogens with zero attached hydrogens (tertiary/aromatic N) is 2. The van der Waals surface area contributed by atoms with Crippen molar-refractivity contribution in [2.24, 2.45) is 0 Å². The van der Waals surface area contributed by atoms with E-state index in [1.165, 1.54) is 79.9 Å². The SMILES string of the molecule is CC[C@H](CCCCCCc1ccc2c(n1)CCCC2)c1cnc2ccc(F)cc2c1. The number of aromatic nitrogens is 2. The number of aryl methyl sites for hydroxylation is 3. The number of fused-ring (bicyclic) bond motifs is 2. The molecular weight excluding hydrogens is 371 g/mol. The highest BCUT2D eigenvalue weighted by Gasteiger charge is 2.12. The molecule has 1 aliphatic carbocycles. The van der Waals surface area contributed by atoms with Gasteiger partial charge >= 0.3 is 0 Å². The van der Waals surface area contributed by atoms with Gasteiger partial charge in [-0.2, -0.15) is 0 Å². The molecule has 3 aromatic rings. The van der Waals surface area contributed by atoms with Crippen molar-refractivity contribution in [3.05, 3.63) is 70.9 Å². The van der Waals surface area contributed by atoms with Crippen molar-refractivity contribution >= 4 is 10.9 Å². The average molecular weight is 405 g/mol. The number of unbranched alkanes of at least 4 members (excludes halogenated alkanes) is 3. The van der Waals surface area contributed by atoms with E-state index in [2.05, 4.69) is 30.1 Å². The Hall–Kier alpha value is -2.29. The van der Waals surface area contributed by atoms with Gasteiger partial charge in [0, 0.05) is 23.0 Å². The molecule has 1 aliphatic rings. The molecule has 3 heteroatoms. The summed E-state index contributed by atoms with van der Waals surface area (Å²) in [5, 5.41) is 0.906. The number of hydrogen-bond acceptors (Lipinski definition) is 2. The molecule has 2 nitrogen and oxygen atoms in total. The summed E-state index contributed by atoms with van der Waals surface area (Å²) in [6, 6.07) is 11.5. The van der Waals surface area contributed by atoms with Crippen molar-refractivity contribution in [2.45, 2.75) is 83.5 Å². The van der Waals surface area contributed by atoms with E-state index in [1.54, 1.807) is 12.1 Å². The van der Waals surface area contributed by atoms with E-state index in [1.807, 2.05) is 6.20 Å². The van der Waals surface area contributed by atoms with E-state index in [-0.39, 0.29) is 5.82 Å². The second-order valence-electron chi connectivity index (χ2n) is 8.78. The highest BCUT2D eigenvalue weighted by atomic mass is 19.1. The zero-order valence-electron chi connectivity index (χ0n) is 18.2. The molecule has 1 atom stereocenters. The topological polar surface area (TPSA) is 25.8 Å². The predicted molar refractivity (Wildman–Crippen MR) is 122 cm³/mol. The summed E-state index contributed by atoms with van der Waals surface area (Å²) in [7, 11) is 0. The highest BCUT2D eigenvalue weighted by Crippen LogP contribution is 2.28. The van der Waals surface area contributed by atoms with Gasteiger partial charge in [-0.1, -0.05) is 32.3 Å². The fourth-order valence-electron chi connectivity index (χ4n) is 4.77. The van der Waals surface area contributed by atoms with Crippen molar-refractivity contribution < 1.29 is 4.39 Å². The third-order valence-corrected chi connectivity index (χ3v) is 6.60. The smallest absolute Gasteiger partial charge is 0.123 e. The van der Waals surface area contributed by atoms with Gasteiger partial charge in [-0.3, -0.25) is 9.97 Å². The molecule has 0 saturated carbocycles. The van der Waals surface area contributed by atoms with E-state index in [9.17, 15) is 4.39 Å². The van der Waals surface area contributed by atoms with Crippen LogP contribution in [0.4, 0.5) is 4.39 Å². The number of pyridine rings is 2. The largest absolute Gasteiger partial charge is 0.258 e. The second-order valence-corrected chi connectivity index (χ2v) is 8.78. The molecule has 0 unspecified atom stereocenters. The molecule has 2 aromatic heterocycles. The zero-order chi connectivity index (χ0) is 20.8. The first-order valence-electron chi connectivity index (χ1n) is 11.8. The Bertz CT molecular complexity index is 982. The van der Waals surface area contributed by atoms with Crippen LogP contribution in [0.3, 0.4) is 0 Å². The summed E-state index contributed by atoms with van der Waals surface area (Å²) in [5.41, 5.74) is 6.21. The van der Waals surface area contributed by atoms with E-state index in [0.29, 0.717) is 5.92 Å². The lowest BCUT2D eigenvalue weighted by molar-refractivity contribution is 0.535. The van der Waals surface area contributed by atoms with E-state index in [4.69, 9.17) is 4.98 Å². The van der Waals surface area contributed by atoms with Crippen molar-refractivity contribution in [3.8, 4) is 0 Å². The minimum atomic E-state index is -0.192. The fraction of sp³-hybridized carbons (Fsp3) is 0.481. The molecule has 30 heavy (non-hydrogen) atoms. The van der Waals surface area contributed by atoms with E-state index in [0.717, 1.165) is 30.2 Å². The van der Waals surface area contributed by atoms with Crippen LogP contribution in [0.5, 0.6) is 0 Å². The summed E-state index contributed by atoms with van der Waals surface area (Å²) >= 11 is 0. The number of rotatable bonds is 9. The zero-order valence-corrected chi connectivity index (χ0v) is 18.2. The second kappa shape index (κ2) is 10.1. The van der Waals surface area contributed by atoms with Gasteiger partial charge in [-0.25, -0.2) is 4.39 Å². The van der Waals surface area contributed by atoms with Gasteiger partial charge in [0.25, 0.3) is 0 Å². The van der Waals surface area contributed by atoms with Crippen LogP contribution in [-0.4, -0.2) is 9.97 Å².